The lowest BCUT2D eigenvalue weighted by atomic mass is 10.0. The van der Waals surface area contributed by atoms with Gasteiger partial charge in [-0.2, -0.15) is 0 Å². The molecule has 4 amide bonds. The number of benzene rings is 1. The summed E-state index contributed by atoms with van der Waals surface area (Å²) in [7, 11) is 0. The molecule has 0 spiro atoms. The van der Waals surface area contributed by atoms with Gasteiger partial charge in [0.25, 0.3) is 0 Å². The molecule has 57 heavy (non-hydrogen) atoms. The number of guanidine groups is 1. The van der Waals surface area contributed by atoms with E-state index in [-0.39, 0.29) is 49.0 Å². The number of hydrogen-bond donors (Lipinski definition) is 9. The zero-order valence-corrected chi connectivity index (χ0v) is 35.5. The number of aliphatic imine (C=N–C) groups is 1. The Hall–Kier alpha value is -4.20. The molecule has 1 aromatic rings. The van der Waals surface area contributed by atoms with Crippen molar-refractivity contribution in [2.45, 2.75) is 180 Å². The minimum atomic E-state index is -0.964. The Morgan fingerprint density at radius 1 is 0.649 bits per heavy atom. The number of carbonyl (C=O) groups excluding carboxylic acids is 4. The summed E-state index contributed by atoms with van der Waals surface area (Å²) in [5, 5.41) is 19.0. The molecule has 14 nitrogen and oxygen atoms in total. The van der Waals surface area contributed by atoms with Crippen LogP contribution in [0.1, 0.15) is 167 Å². The van der Waals surface area contributed by atoms with Crippen LogP contribution in [-0.2, 0) is 25.7 Å². The highest BCUT2D eigenvalue weighted by Crippen LogP contribution is 2.14. The topological polar surface area (TPSA) is 257 Å². The number of amidine groups is 1. The third-order valence-corrected chi connectivity index (χ3v) is 10.2. The number of unbranched alkanes of at least 4 members (excludes halogenated alkanes) is 15. The van der Waals surface area contributed by atoms with Gasteiger partial charge in [-0.1, -0.05) is 135 Å². The molecule has 324 valence electrons. The molecule has 0 saturated heterocycles. The summed E-state index contributed by atoms with van der Waals surface area (Å²) in [5.41, 5.74) is 23.6. The van der Waals surface area contributed by atoms with E-state index in [1.54, 1.807) is 24.3 Å². The molecular weight excluding hydrogens is 721 g/mol. The van der Waals surface area contributed by atoms with Crippen molar-refractivity contribution in [2.24, 2.45) is 33.8 Å². The summed E-state index contributed by atoms with van der Waals surface area (Å²) in [6.45, 7) is 6.82. The Kier molecular flexibility index (Phi) is 28.4. The summed E-state index contributed by atoms with van der Waals surface area (Å²) >= 11 is 0. The smallest absolute Gasteiger partial charge is 0.243 e. The van der Waals surface area contributed by atoms with Gasteiger partial charge >= 0.3 is 0 Å². The van der Waals surface area contributed by atoms with Crippen molar-refractivity contribution in [1.82, 2.24) is 21.3 Å². The largest absolute Gasteiger partial charge is 0.384 e. The van der Waals surface area contributed by atoms with E-state index in [1.165, 1.54) is 77.0 Å². The zero-order valence-electron chi connectivity index (χ0n) is 35.5. The van der Waals surface area contributed by atoms with Gasteiger partial charge in [-0.3, -0.25) is 29.6 Å². The summed E-state index contributed by atoms with van der Waals surface area (Å²) in [5.74, 6) is -1.99. The van der Waals surface area contributed by atoms with Gasteiger partial charge in [0.05, 0.1) is 0 Å². The molecule has 3 atom stereocenters. The maximum atomic E-state index is 13.7. The monoisotopic (exact) mass is 799 g/mol. The molecule has 0 aliphatic rings. The number of hydrogen-bond acceptors (Lipinski definition) is 7. The van der Waals surface area contributed by atoms with Crippen molar-refractivity contribution in [2.75, 3.05) is 13.1 Å². The fourth-order valence-electron chi connectivity index (χ4n) is 6.62. The van der Waals surface area contributed by atoms with Crippen molar-refractivity contribution in [3.8, 4) is 0 Å². The molecule has 0 aliphatic heterocycles. The molecule has 0 bridgehead atoms. The Balaban J connectivity index is 2.72. The van der Waals surface area contributed by atoms with Crippen LogP contribution in [0.3, 0.4) is 0 Å². The van der Waals surface area contributed by atoms with E-state index in [9.17, 15) is 19.2 Å². The van der Waals surface area contributed by atoms with E-state index in [0.29, 0.717) is 44.2 Å². The summed E-state index contributed by atoms with van der Waals surface area (Å²) in [4.78, 5) is 57.8. The molecule has 13 N–H and O–H groups in total. The predicted octanol–water partition coefficient (Wildman–Crippen LogP) is 5.14. The van der Waals surface area contributed by atoms with Gasteiger partial charge < -0.3 is 44.2 Å². The summed E-state index contributed by atoms with van der Waals surface area (Å²) in [6, 6.07) is 4.25. The number of nitrogens with zero attached hydrogens (tertiary/aromatic N) is 1. The average molecular weight is 799 g/mol. The second kappa shape index (κ2) is 31.8. The minimum Gasteiger partial charge on any atom is -0.384 e. The molecular formula is C43H78N10O4. The highest BCUT2D eigenvalue weighted by atomic mass is 16.2. The first-order valence-electron chi connectivity index (χ1n) is 21.8. The number of nitrogens with two attached hydrogens (primary N) is 4. The molecule has 1 rings (SSSR count). The summed E-state index contributed by atoms with van der Waals surface area (Å²) in [6.07, 6.45) is 21.2. The van der Waals surface area contributed by atoms with Crippen LogP contribution in [0.5, 0.6) is 0 Å². The maximum Gasteiger partial charge on any atom is 0.243 e. The van der Waals surface area contributed by atoms with Gasteiger partial charge in [0, 0.05) is 25.1 Å². The van der Waals surface area contributed by atoms with Crippen molar-refractivity contribution in [3.05, 3.63) is 35.4 Å². The number of carbonyl (C=O) groups is 4. The van der Waals surface area contributed by atoms with Crippen LogP contribution in [0.15, 0.2) is 29.3 Å². The lowest BCUT2D eigenvalue weighted by Crippen LogP contribution is -2.58. The molecule has 0 heterocycles. The van der Waals surface area contributed by atoms with Crippen LogP contribution in [0, 0.1) is 11.3 Å². The third-order valence-electron chi connectivity index (χ3n) is 10.2. The van der Waals surface area contributed by atoms with Gasteiger partial charge in [-0.15, -0.1) is 0 Å². The standard InChI is InChI=1S/C43H78N10O4/c1-4-5-6-7-8-9-10-11-12-13-14-15-16-17-18-24-37(54)51-36(23-21-30-49-43(47)48)41(56)53-38(32(2)3)42(57)52-35(22-19-20-29-44)40(55)50-31-33-25-27-34(28-26-33)39(45)46/h25-28,32,35-36,38H,4-24,29-31,44H2,1-3H3,(H3,45,46)(H,50,55)(H,51,54)(H,52,57)(H,53,56)(H4,47,48,49)/t35-,36-,38-/m0/s1. The van der Waals surface area contributed by atoms with E-state index in [1.807, 2.05) is 13.8 Å². The predicted molar refractivity (Wildman–Crippen MR) is 232 cm³/mol. The highest BCUT2D eigenvalue weighted by Gasteiger charge is 2.31. The fourth-order valence-corrected chi connectivity index (χ4v) is 6.62. The van der Waals surface area contributed by atoms with E-state index in [2.05, 4.69) is 33.2 Å². The number of amides is 4. The first-order valence-corrected chi connectivity index (χ1v) is 21.8. The first kappa shape index (κ1) is 50.8. The third kappa shape index (κ3) is 24.9. The van der Waals surface area contributed by atoms with Crippen LogP contribution in [-0.4, -0.2) is 66.6 Å². The van der Waals surface area contributed by atoms with Crippen molar-refractivity contribution < 1.29 is 19.2 Å². The van der Waals surface area contributed by atoms with Gasteiger partial charge in [0.1, 0.15) is 24.0 Å². The molecule has 14 heteroatoms. The number of rotatable bonds is 34. The average Bonchev–Trinajstić information content (AvgIpc) is 3.18. The van der Waals surface area contributed by atoms with Gasteiger partial charge in [0.2, 0.25) is 23.6 Å². The van der Waals surface area contributed by atoms with Crippen LogP contribution >= 0.6 is 0 Å². The second-order valence-corrected chi connectivity index (χ2v) is 15.7. The fraction of sp³-hybridized carbons (Fsp3) is 0.721. The molecule has 0 radical (unpaired) electrons. The maximum absolute atomic E-state index is 13.7. The highest BCUT2D eigenvalue weighted by molar-refractivity contribution is 5.95. The lowest BCUT2D eigenvalue weighted by molar-refractivity contribution is -0.134. The molecule has 0 saturated carbocycles. The normalized spacial score (nSPS) is 12.6. The van der Waals surface area contributed by atoms with Crippen LogP contribution in [0.2, 0.25) is 0 Å². The number of nitrogens with one attached hydrogen (secondary N) is 5. The molecule has 0 aliphatic carbocycles. The quantitative estimate of drug-likeness (QED) is 0.0256. The Labute approximate surface area is 343 Å². The van der Waals surface area contributed by atoms with Crippen molar-refractivity contribution >= 4 is 35.4 Å². The van der Waals surface area contributed by atoms with Crippen molar-refractivity contribution in [3.63, 3.8) is 0 Å². The first-order chi connectivity index (χ1) is 27.4. The Morgan fingerprint density at radius 3 is 1.68 bits per heavy atom. The van der Waals surface area contributed by atoms with Crippen LogP contribution in [0.25, 0.3) is 0 Å². The van der Waals surface area contributed by atoms with Gasteiger partial charge in [-0.25, -0.2) is 0 Å². The molecule has 0 fully saturated rings. The van der Waals surface area contributed by atoms with E-state index in [0.717, 1.165) is 24.8 Å². The van der Waals surface area contributed by atoms with Crippen molar-refractivity contribution in [1.29, 1.82) is 5.41 Å². The molecule has 0 aromatic heterocycles. The molecule has 0 unspecified atom stereocenters. The van der Waals surface area contributed by atoms with E-state index >= 15 is 0 Å². The Morgan fingerprint density at radius 2 is 1.18 bits per heavy atom. The zero-order chi connectivity index (χ0) is 42.3. The van der Waals surface area contributed by atoms with Crippen LogP contribution < -0.4 is 44.2 Å². The SMILES string of the molecule is CCCCCCCCCCCCCCCCCC(=O)N[C@@H](CCCN=C(N)N)C(=O)N[C@H](C(=O)N[C@@H](CCCCN)C(=O)NCc1ccc(C(=N)N)cc1)C(C)C. The van der Waals surface area contributed by atoms with E-state index in [4.69, 9.17) is 28.3 Å². The minimum absolute atomic E-state index is 0.0462. The molecule has 1 aromatic carbocycles. The number of nitrogen functional groups attached to an aromatic ring is 1. The van der Waals surface area contributed by atoms with E-state index < -0.39 is 29.9 Å². The van der Waals surface area contributed by atoms with Crippen LogP contribution in [0.4, 0.5) is 0 Å². The lowest BCUT2D eigenvalue weighted by Gasteiger charge is -2.27. The second-order valence-electron chi connectivity index (χ2n) is 15.7. The van der Waals surface area contributed by atoms with Gasteiger partial charge in [0.15, 0.2) is 5.96 Å². The Bertz CT molecular complexity index is 1320. The van der Waals surface area contributed by atoms with Gasteiger partial charge in [-0.05, 0) is 56.6 Å². The summed E-state index contributed by atoms with van der Waals surface area (Å²) < 4.78 is 0.